The maximum absolute atomic E-state index is 14.7. The monoisotopic (exact) mass is 561 g/mol. The fourth-order valence-electron chi connectivity index (χ4n) is 4.24. The average Bonchev–Trinajstić information content (AvgIpc) is 3.55. The summed E-state index contributed by atoms with van der Waals surface area (Å²) in [6, 6.07) is 2.62. The van der Waals surface area contributed by atoms with Crippen LogP contribution >= 0.6 is 23.2 Å². The molecule has 1 unspecified atom stereocenters. The number of aromatic nitrogens is 1. The van der Waals surface area contributed by atoms with Gasteiger partial charge in [0, 0.05) is 36.7 Å². The summed E-state index contributed by atoms with van der Waals surface area (Å²) in [6.07, 6.45) is -9.52. The van der Waals surface area contributed by atoms with Crippen LogP contribution in [-0.2, 0) is 22.9 Å². The van der Waals surface area contributed by atoms with Crippen LogP contribution in [0.2, 0.25) is 10.0 Å². The normalized spacial score (nSPS) is 20.7. The van der Waals surface area contributed by atoms with Gasteiger partial charge in [-0.15, -0.1) is 0 Å². The highest BCUT2D eigenvalue weighted by Crippen LogP contribution is 2.51. The predicted molar refractivity (Wildman–Crippen MR) is 115 cm³/mol. The van der Waals surface area contributed by atoms with Gasteiger partial charge in [-0.25, -0.2) is 13.8 Å². The van der Waals surface area contributed by atoms with Crippen molar-refractivity contribution in [2.24, 2.45) is 5.92 Å². The molecule has 2 aliphatic rings. The second-order valence-corrected chi connectivity index (χ2v) is 9.55. The zero-order chi connectivity index (χ0) is 26.6. The smallest absolute Gasteiger partial charge is 0.355 e. The Labute approximate surface area is 209 Å². The van der Waals surface area contributed by atoms with Crippen molar-refractivity contribution in [3.63, 3.8) is 0 Å². The summed E-state index contributed by atoms with van der Waals surface area (Å²) in [4.78, 5) is 16.3. The third-order valence-electron chi connectivity index (χ3n) is 6.39. The van der Waals surface area contributed by atoms with E-state index in [-0.39, 0.29) is 17.4 Å². The van der Waals surface area contributed by atoms with Crippen molar-refractivity contribution in [1.29, 1.82) is 0 Å². The minimum absolute atomic E-state index is 0.236. The molecule has 1 atom stereocenters. The highest BCUT2D eigenvalue weighted by atomic mass is 35.5. The van der Waals surface area contributed by atoms with Gasteiger partial charge in [0.1, 0.15) is 22.1 Å². The average molecular weight is 562 g/mol. The van der Waals surface area contributed by atoms with Crippen LogP contribution in [0.1, 0.15) is 36.1 Å². The number of amides is 1. The Morgan fingerprint density at radius 2 is 1.78 bits per heavy atom. The second-order valence-electron chi connectivity index (χ2n) is 8.77. The quantitative estimate of drug-likeness (QED) is 0.260. The van der Waals surface area contributed by atoms with Gasteiger partial charge in [-0.3, -0.25) is 4.79 Å². The zero-order valence-corrected chi connectivity index (χ0v) is 19.6. The predicted octanol–water partition coefficient (Wildman–Crippen LogP) is 6.42. The van der Waals surface area contributed by atoms with Gasteiger partial charge in [0.2, 0.25) is 5.91 Å². The molecule has 1 amide bonds. The highest BCUT2D eigenvalue weighted by molar-refractivity contribution is 6.35. The maximum Gasteiger partial charge on any atom is 0.433 e. The van der Waals surface area contributed by atoms with Gasteiger partial charge in [0.25, 0.3) is 0 Å². The van der Waals surface area contributed by atoms with Crippen molar-refractivity contribution >= 4 is 34.9 Å². The molecule has 1 aromatic carbocycles. The van der Waals surface area contributed by atoms with E-state index in [1.165, 1.54) is 0 Å². The van der Waals surface area contributed by atoms with Crippen molar-refractivity contribution in [3.8, 4) is 0 Å². The molecular formula is C22H17Cl2F8N3O. The summed E-state index contributed by atoms with van der Waals surface area (Å²) in [5, 5.41) is 0.361. The molecule has 4 rings (SSSR count). The fourth-order valence-corrected chi connectivity index (χ4v) is 4.70. The number of hydrogen-bond donors (Lipinski definition) is 1. The Kier molecular flexibility index (Phi) is 6.83. The number of hydrogen-bond acceptors (Lipinski definition) is 3. The third kappa shape index (κ3) is 4.81. The molecule has 1 aliphatic heterocycles. The van der Waals surface area contributed by atoms with Crippen LogP contribution in [-0.4, -0.2) is 30.2 Å². The van der Waals surface area contributed by atoms with Gasteiger partial charge in [-0.1, -0.05) is 29.3 Å². The van der Waals surface area contributed by atoms with Crippen LogP contribution in [0.3, 0.4) is 0 Å². The summed E-state index contributed by atoms with van der Waals surface area (Å²) in [5.74, 6) is -4.12. The lowest BCUT2D eigenvalue weighted by Crippen LogP contribution is -2.45. The minimum atomic E-state index is -5.09. The van der Waals surface area contributed by atoms with Crippen LogP contribution in [0.15, 0.2) is 18.2 Å². The largest absolute Gasteiger partial charge is 0.433 e. The van der Waals surface area contributed by atoms with E-state index in [0.29, 0.717) is 18.9 Å². The lowest BCUT2D eigenvalue weighted by Gasteiger charge is -2.33. The molecule has 2 fully saturated rings. The van der Waals surface area contributed by atoms with E-state index in [1.807, 2.05) is 0 Å². The number of benzene rings is 1. The Morgan fingerprint density at radius 3 is 2.36 bits per heavy atom. The van der Waals surface area contributed by atoms with E-state index in [2.05, 4.69) is 10.3 Å². The summed E-state index contributed by atoms with van der Waals surface area (Å²) in [6.45, 7) is -1.90. The SMILES string of the molecule is O=C(NCc1ccc(N2CCC(c3cc(Cl)c(F)c(Cl)c3F)(C(F)(F)F)C2)nc1C(F)(F)F)C1CC1. The first-order valence-electron chi connectivity index (χ1n) is 10.7. The van der Waals surface area contributed by atoms with E-state index in [9.17, 15) is 39.9 Å². The number of nitrogens with zero attached hydrogens (tertiary/aromatic N) is 2. The molecule has 36 heavy (non-hydrogen) atoms. The summed E-state index contributed by atoms with van der Waals surface area (Å²) >= 11 is 11.1. The van der Waals surface area contributed by atoms with E-state index in [1.54, 1.807) is 0 Å². The molecule has 2 heterocycles. The Bertz CT molecular complexity index is 1200. The number of alkyl halides is 6. The number of halogens is 10. The molecule has 0 spiro atoms. The molecule has 1 saturated carbocycles. The van der Waals surface area contributed by atoms with Crippen LogP contribution in [0.25, 0.3) is 0 Å². The maximum atomic E-state index is 14.7. The fraction of sp³-hybridized carbons (Fsp3) is 0.455. The summed E-state index contributed by atoms with van der Waals surface area (Å²) < 4.78 is 113. The van der Waals surface area contributed by atoms with Crippen LogP contribution in [0.5, 0.6) is 0 Å². The third-order valence-corrected chi connectivity index (χ3v) is 6.99. The molecule has 4 nitrogen and oxygen atoms in total. The van der Waals surface area contributed by atoms with Gasteiger partial charge in [0.05, 0.1) is 5.02 Å². The van der Waals surface area contributed by atoms with Crippen molar-refractivity contribution in [2.75, 3.05) is 18.0 Å². The van der Waals surface area contributed by atoms with Gasteiger partial charge in [-0.2, -0.15) is 26.3 Å². The lowest BCUT2D eigenvalue weighted by atomic mass is 9.78. The van der Waals surface area contributed by atoms with Crippen LogP contribution in [0, 0.1) is 17.6 Å². The first-order valence-corrected chi connectivity index (χ1v) is 11.4. The van der Waals surface area contributed by atoms with Crippen LogP contribution in [0.4, 0.5) is 40.9 Å². The second kappa shape index (κ2) is 9.20. The molecule has 0 radical (unpaired) electrons. The van der Waals surface area contributed by atoms with Gasteiger partial charge >= 0.3 is 12.4 Å². The molecule has 1 aromatic heterocycles. The number of carbonyl (C=O) groups is 1. The molecular weight excluding hydrogens is 545 g/mol. The number of carbonyl (C=O) groups excluding carboxylic acids is 1. The van der Waals surface area contributed by atoms with Gasteiger partial charge in [0.15, 0.2) is 11.5 Å². The first kappa shape index (κ1) is 26.7. The number of nitrogens with one attached hydrogen (secondary N) is 1. The minimum Gasteiger partial charge on any atom is -0.355 e. The number of anilines is 1. The lowest BCUT2D eigenvalue weighted by molar-refractivity contribution is -0.185. The molecule has 1 saturated heterocycles. The number of pyridine rings is 1. The van der Waals surface area contributed by atoms with Crippen molar-refractivity contribution in [2.45, 2.75) is 43.6 Å². The van der Waals surface area contributed by atoms with E-state index >= 15 is 0 Å². The van der Waals surface area contributed by atoms with E-state index < -0.39 is 82.6 Å². The van der Waals surface area contributed by atoms with Crippen molar-refractivity contribution < 1.29 is 39.9 Å². The van der Waals surface area contributed by atoms with Crippen LogP contribution < -0.4 is 10.2 Å². The molecule has 1 aliphatic carbocycles. The van der Waals surface area contributed by atoms with Gasteiger partial charge in [-0.05, 0) is 31.4 Å². The van der Waals surface area contributed by atoms with Crippen molar-refractivity contribution in [3.05, 3.63) is 56.7 Å². The van der Waals surface area contributed by atoms with E-state index in [4.69, 9.17) is 23.2 Å². The van der Waals surface area contributed by atoms with Gasteiger partial charge < -0.3 is 10.2 Å². The zero-order valence-electron chi connectivity index (χ0n) is 18.1. The van der Waals surface area contributed by atoms with E-state index in [0.717, 1.165) is 17.0 Å². The standard InChI is InChI=1S/C22H17Cl2F8N3O/c23-13-7-12(16(25)15(24)17(13)26)20(22(30,31)32)5-6-35(9-20)14-4-3-11(18(34-14)21(27,28)29)8-33-19(36)10-1-2-10/h3-4,7,10H,1-2,5-6,8-9H2,(H,33,36). The molecule has 14 heteroatoms. The number of rotatable bonds is 5. The topological polar surface area (TPSA) is 45.2 Å². The Hall–Kier alpha value is -2.34. The molecule has 196 valence electrons. The molecule has 1 N–H and O–H groups in total. The molecule has 2 aromatic rings. The summed E-state index contributed by atoms with van der Waals surface area (Å²) in [5.41, 5.74) is -5.66. The Balaban J connectivity index is 1.69. The Morgan fingerprint density at radius 1 is 1.11 bits per heavy atom. The first-order chi connectivity index (χ1) is 16.7. The summed E-state index contributed by atoms with van der Waals surface area (Å²) in [7, 11) is 0. The van der Waals surface area contributed by atoms with Crippen molar-refractivity contribution in [1.82, 2.24) is 10.3 Å². The molecule has 0 bridgehead atoms. The highest BCUT2D eigenvalue weighted by Gasteiger charge is 2.61.